The Morgan fingerprint density at radius 3 is 1.02 bits per heavy atom. The number of ether oxygens (including phenoxy) is 2. The van der Waals surface area contributed by atoms with E-state index in [0.29, 0.717) is 11.5 Å². The second-order valence-electron chi connectivity index (χ2n) is 18.8. The molecule has 0 aliphatic carbocycles. The summed E-state index contributed by atoms with van der Waals surface area (Å²) in [6.45, 7) is 13.8. The normalized spacial score (nSPS) is 13.4. The number of fused-ring (bicyclic) bond motifs is 5. The molecule has 1 aliphatic heterocycles. The van der Waals surface area contributed by atoms with Gasteiger partial charge in [0.1, 0.15) is 24.7 Å². The van der Waals surface area contributed by atoms with Gasteiger partial charge in [0.15, 0.2) is 0 Å². The highest BCUT2D eigenvalue weighted by atomic mass is 16.6. The molecule has 0 spiro atoms. The molecule has 11 rings (SSSR count). The van der Waals surface area contributed by atoms with Crippen LogP contribution in [-0.2, 0) is 10.8 Å². The van der Waals surface area contributed by atoms with Gasteiger partial charge >= 0.3 is 0 Å². The summed E-state index contributed by atoms with van der Waals surface area (Å²) in [5.41, 5.74) is 7.37. The number of hydrogen-bond donors (Lipinski definition) is 0. The third-order valence-corrected chi connectivity index (χ3v) is 13.0. The summed E-state index contributed by atoms with van der Waals surface area (Å²) in [4.78, 5) is 23.1. The van der Waals surface area contributed by atoms with Gasteiger partial charge in [0.25, 0.3) is 11.4 Å². The Morgan fingerprint density at radius 1 is 0.419 bits per heavy atom. The molecule has 0 bridgehead atoms. The van der Waals surface area contributed by atoms with E-state index in [-0.39, 0.29) is 45.3 Å². The summed E-state index contributed by atoms with van der Waals surface area (Å²) in [6, 6.07) is 40.3. The summed E-state index contributed by atoms with van der Waals surface area (Å²) >= 11 is 0. The van der Waals surface area contributed by atoms with E-state index in [9.17, 15) is 20.2 Å². The Hall–Kier alpha value is -7.32. The van der Waals surface area contributed by atoms with E-state index >= 15 is 0 Å². The molecule has 0 saturated heterocycles. The molecule has 0 fully saturated rings. The predicted octanol–water partition coefficient (Wildman–Crippen LogP) is 14.7. The van der Waals surface area contributed by atoms with E-state index in [4.69, 9.17) is 9.47 Å². The zero-order valence-corrected chi connectivity index (χ0v) is 35.3. The largest absolute Gasteiger partial charge is 0.489 e. The number of hydrogen-bond acceptors (Lipinski definition) is 6. The fourth-order valence-electron chi connectivity index (χ4n) is 9.92. The standard InChI is InChI=1S/C54H42N2O6/c1-53(2,3)35-25-31-11-19-39-45(29-7-15-37(16-8-29)55(57)58)51-49(41-21-13-33(27-35)43(31)47(39)41)50-42-22-14-34-28-36(54(4,5)6)26-32-12-20-40(48(42)44(32)34)46(52(50)62-24-23-61-51)30-9-17-38(18-10-30)56(59)60/h7-22,25-28H,23-24H2,1-6H3. The first-order valence-electron chi connectivity index (χ1n) is 21.0. The lowest BCUT2D eigenvalue weighted by Gasteiger charge is -2.30. The number of benzene rings is 10. The van der Waals surface area contributed by atoms with Crippen molar-refractivity contribution in [2.75, 3.05) is 13.2 Å². The van der Waals surface area contributed by atoms with Crippen molar-refractivity contribution in [3.8, 4) is 44.9 Å². The minimum atomic E-state index is -0.375. The van der Waals surface area contributed by atoms with Crippen LogP contribution in [-0.4, -0.2) is 23.1 Å². The van der Waals surface area contributed by atoms with Gasteiger partial charge in [0.05, 0.1) is 9.85 Å². The molecule has 62 heavy (non-hydrogen) atoms. The summed E-state index contributed by atoms with van der Waals surface area (Å²) in [5.74, 6) is 1.34. The lowest BCUT2D eigenvalue weighted by molar-refractivity contribution is -0.385. The average molecular weight is 815 g/mol. The lowest BCUT2D eigenvalue weighted by atomic mass is 9.78. The van der Waals surface area contributed by atoms with E-state index in [1.807, 2.05) is 24.3 Å². The third-order valence-electron chi connectivity index (χ3n) is 13.0. The molecule has 10 aromatic carbocycles. The third kappa shape index (κ3) is 5.52. The molecule has 1 heterocycles. The molecule has 8 heteroatoms. The summed E-state index contributed by atoms with van der Waals surface area (Å²) in [5, 5.41) is 36.7. The Labute approximate surface area is 357 Å². The van der Waals surface area contributed by atoms with Crippen LogP contribution in [0.1, 0.15) is 52.7 Å². The van der Waals surface area contributed by atoms with Gasteiger partial charge in [-0.25, -0.2) is 0 Å². The molecule has 8 nitrogen and oxygen atoms in total. The maximum atomic E-state index is 11.9. The number of nitro benzene ring substituents is 2. The Balaban J connectivity index is 1.36. The van der Waals surface area contributed by atoms with E-state index in [0.717, 1.165) is 98.0 Å². The van der Waals surface area contributed by atoms with Crippen LogP contribution < -0.4 is 9.47 Å². The van der Waals surface area contributed by atoms with Gasteiger partial charge in [-0.15, -0.1) is 0 Å². The van der Waals surface area contributed by atoms with Crippen LogP contribution in [0.3, 0.4) is 0 Å². The molecule has 10 aromatic rings. The molecule has 1 aliphatic rings. The van der Waals surface area contributed by atoms with Gasteiger partial charge < -0.3 is 9.47 Å². The van der Waals surface area contributed by atoms with Crippen LogP contribution in [0.5, 0.6) is 11.5 Å². The second kappa shape index (κ2) is 13.1. The SMILES string of the molecule is CC(C)(C)c1cc2ccc3c(-c4ccc([N+](=O)[O-])cc4)c4c(c5ccc(c1)c2c35)-c1c(c(-c2ccc([N+](=O)[O-])cc2)c2ccc3cc(C(C)(C)C)cc5ccc1c2c35)OCCO4. The number of nitro groups is 2. The number of nitrogens with zero attached hydrogens (tertiary/aromatic N) is 2. The predicted molar refractivity (Wildman–Crippen MR) is 252 cm³/mol. The van der Waals surface area contributed by atoms with Crippen LogP contribution in [0.25, 0.3) is 98.0 Å². The minimum Gasteiger partial charge on any atom is -0.489 e. The second-order valence-corrected chi connectivity index (χ2v) is 18.8. The van der Waals surface area contributed by atoms with E-state index in [1.165, 1.54) is 11.1 Å². The van der Waals surface area contributed by atoms with Crippen LogP contribution in [0.2, 0.25) is 0 Å². The fourth-order valence-corrected chi connectivity index (χ4v) is 9.92. The maximum absolute atomic E-state index is 11.9. The van der Waals surface area contributed by atoms with E-state index in [1.54, 1.807) is 24.3 Å². The van der Waals surface area contributed by atoms with Gasteiger partial charge in [0, 0.05) is 46.5 Å². The van der Waals surface area contributed by atoms with Crippen molar-refractivity contribution < 1.29 is 19.3 Å². The van der Waals surface area contributed by atoms with Crippen LogP contribution in [0.4, 0.5) is 11.4 Å². The van der Waals surface area contributed by atoms with Crippen LogP contribution in [0, 0.1) is 20.2 Å². The van der Waals surface area contributed by atoms with Crippen molar-refractivity contribution in [3.05, 3.63) is 153 Å². The summed E-state index contributed by atoms with van der Waals surface area (Å²) < 4.78 is 13.9. The Kier molecular flexibility index (Phi) is 7.95. The first-order valence-corrected chi connectivity index (χ1v) is 21.0. The van der Waals surface area contributed by atoms with Crippen LogP contribution in [0.15, 0.2) is 121 Å². The van der Waals surface area contributed by atoms with Crippen molar-refractivity contribution in [2.24, 2.45) is 0 Å². The first-order chi connectivity index (χ1) is 29.7. The van der Waals surface area contributed by atoms with E-state index in [2.05, 4.69) is 114 Å². The monoisotopic (exact) mass is 814 g/mol. The molecule has 0 aromatic heterocycles. The van der Waals surface area contributed by atoms with Gasteiger partial charge in [-0.2, -0.15) is 0 Å². The van der Waals surface area contributed by atoms with Gasteiger partial charge in [-0.05, 0) is 122 Å². The van der Waals surface area contributed by atoms with Gasteiger partial charge in [-0.1, -0.05) is 114 Å². The molecular formula is C54H42N2O6. The number of rotatable bonds is 4. The summed E-state index contributed by atoms with van der Waals surface area (Å²) in [6.07, 6.45) is 0. The Morgan fingerprint density at radius 2 is 0.726 bits per heavy atom. The highest BCUT2D eigenvalue weighted by molar-refractivity contribution is 6.34. The molecule has 0 amide bonds. The molecule has 0 radical (unpaired) electrons. The van der Waals surface area contributed by atoms with Crippen molar-refractivity contribution in [3.63, 3.8) is 0 Å². The zero-order chi connectivity index (χ0) is 43.0. The molecule has 0 unspecified atom stereocenters. The molecule has 304 valence electrons. The highest BCUT2D eigenvalue weighted by Gasteiger charge is 2.32. The van der Waals surface area contributed by atoms with Crippen molar-refractivity contribution in [1.82, 2.24) is 0 Å². The maximum Gasteiger partial charge on any atom is 0.269 e. The van der Waals surface area contributed by atoms with Gasteiger partial charge in [-0.3, -0.25) is 20.2 Å². The van der Waals surface area contributed by atoms with Gasteiger partial charge in [0.2, 0.25) is 0 Å². The molecule has 0 atom stereocenters. The highest BCUT2D eigenvalue weighted by Crippen LogP contribution is 2.58. The minimum absolute atomic E-state index is 0.00907. The number of non-ortho nitro benzene ring substituents is 2. The van der Waals surface area contributed by atoms with Crippen molar-refractivity contribution >= 4 is 76.0 Å². The molecular weight excluding hydrogens is 773 g/mol. The molecule has 0 N–H and O–H groups in total. The van der Waals surface area contributed by atoms with Crippen LogP contribution >= 0.6 is 0 Å². The average Bonchev–Trinajstić information content (AvgIpc) is 3.24. The first kappa shape index (κ1) is 37.7. The Bertz CT molecular complexity index is 3250. The quantitative estimate of drug-likeness (QED) is 0.0995. The summed E-state index contributed by atoms with van der Waals surface area (Å²) in [7, 11) is 0. The van der Waals surface area contributed by atoms with Crippen molar-refractivity contribution in [1.29, 1.82) is 0 Å². The lowest BCUT2D eigenvalue weighted by Crippen LogP contribution is -2.15. The molecule has 0 saturated carbocycles. The zero-order valence-electron chi connectivity index (χ0n) is 35.3. The van der Waals surface area contributed by atoms with Crippen molar-refractivity contribution in [2.45, 2.75) is 52.4 Å². The van der Waals surface area contributed by atoms with E-state index < -0.39 is 0 Å². The smallest absolute Gasteiger partial charge is 0.269 e. The fraction of sp³-hybridized carbons (Fsp3) is 0.185. The topological polar surface area (TPSA) is 105 Å².